The van der Waals surface area contributed by atoms with Gasteiger partial charge in [-0.3, -0.25) is 4.79 Å². The molecule has 0 radical (unpaired) electrons. The highest BCUT2D eigenvalue weighted by molar-refractivity contribution is 7.89. The average molecular weight is 417 g/mol. The van der Waals surface area contributed by atoms with E-state index in [0.29, 0.717) is 18.8 Å². The summed E-state index contributed by atoms with van der Waals surface area (Å²) < 4.78 is 26.9. The molecule has 0 aromatic heterocycles. The molecule has 0 spiro atoms. The van der Waals surface area contributed by atoms with E-state index in [1.54, 1.807) is 31.3 Å². The van der Waals surface area contributed by atoms with Gasteiger partial charge in [-0.1, -0.05) is 30.3 Å². The van der Waals surface area contributed by atoms with Crippen molar-refractivity contribution in [2.75, 3.05) is 32.0 Å². The number of rotatable bonds is 7. The van der Waals surface area contributed by atoms with Crippen LogP contribution in [0.2, 0.25) is 0 Å². The van der Waals surface area contributed by atoms with Crippen molar-refractivity contribution < 1.29 is 18.1 Å². The third-order valence-electron chi connectivity index (χ3n) is 5.32. The minimum Gasteiger partial charge on any atom is -0.327 e. The van der Waals surface area contributed by atoms with E-state index in [-0.39, 0.29) is 10.8 Å². The van der Waals surface area contributed by atoms with Crippen LogP contribution in [0.3, 0.4) is 0 Å². The lowest BCUT2D eigenvalue weighted by Gasteiger charge is -2.18. The van der Waals surface area contributed by atoms with Crippen LogP contribution in [-0.4, -0.2) is 45.3 Å². The van der Waals surface area contributed by atoms with Crippen molar-refractivity contribution in [1.82, 2.24) is 4.31 Å². The third-order valence-corrected chi connectivity index (χ3v) is 7.13. The molecule has 3 rings (SSSR count). The number of nitrogens with zero attached hydrogens (tertiary/aromatic N) is 1. The van der Waals surface area contributed by atoms with Crippen LogP contribution in [-0.2, 0) is 21.4 Å². The normalized spacial score (nSPS) is 15.8. The average Bonchev–Trinajstić information content (AvgIpc) is 2.97. The first kappa shape index (κ1) is 21.5. The molecule has 0 atom stereocenters. The molecule has 1 aliphatic rings. The van der Waals surface area contributed by atoms with Gasteiger partial charge >= 0.3 is 0 Å². The molecule has 1 fully saturated rings. The molecule has 1 aliphatic heterocycles. The Labute approximate surface area is 173 Å². The monoisotopic (exact) mass is 416 g/mol. The number of amides is 1. The summed E-state index contributed by atoms with van der Waals surface area (Å²) in [5.74, 6) is -0.0290. The Balaban J connectivity index is 1.59. The quantitative estimate of drug-likeness (QED) is 0.724. The van der Waals surface area contributed by atoms with Crippen molar-refractivity contribution in [2.24, 2.45) is 0 Å². The van der Waals surface area contributed by atoms with Crippen molar-refractivity contribution in [3.63, 3.8) is 0 Å². The molecule has 1 amide bonds. The van der Waals surface area contributed by atoms with Gasteiger partial charge in [-0.15, -0.1) is 0 Å². The van der Waals surface area contributed by atoms with E-state index in [0.717, 1.165) is 18.7 Å². The standard InChI is InChI=1S/C22H29N3O3S/c1-24(17-19-9-5-4-6-10-19)29(27,28)21-13-11-20(12-14-21)23-22(26)18-25-15-7-2-3-8-16-25/h4-6,9-14H,2-3,7-8,15-18H2,1H3,(H,23,26)/p+1. The number of anilines is 1. The zero-order valence-corrected chi connectivity index (χ0v) is 17.7. The molecule has 6 nitrogen and oxygen atoms in total. The Kier molecular flexibility index (Phi) is 7.41. The number of sulfonamides is 1. The van der Waals surface area contributed by atoms with E-state index in [9.17, 15) is 13.2 Å². The second-order valence-corrected chi connectivity index (χ2v) is 9.71. The molecule has 0 unspecified atom stereocenters. The lowest BCUT2D eigenvalue weighted by atomic mass is 10.2. The van der Waals surface area contributed by atoms with E-state index >= 15 is 0 Å². The molecule has 2 aromatic carbocycles. The first-order valence-electron chi connectivity index (χ1n) is 10.2. The molecule has 2 N–H and O–H groups in total. The summed E-state index contributed by atoms with van der Waals surface area (Å²) in [6.45, 7) is 2.84. The number of hydrogen-bond donors (Lipinski definition) is 2. The van der Waals surface area contributed by atoms with E-state index in [1.165, 1.54) is 34.9 Å². The highest BCUT2D eigenvalue weighted by Crippen LogP contribution is 2.19. The second-order valence-electron chi connectivity index (χ2n) is 7.66. The molecule has 0 saturated carbocycles. The highest BCUT2D eigenvalue weighted by Gasteiger charge is 2.21. The van der Waals surface area contributed by atoms with Crippen LogP contribution in [0, 0.1) is 0 Å². The Morgan fingerprint density at radius 2 is 1.59 bits per heavy atom. The SMILES string of the molecule is CN(Cc1ccccc1)S(=O)(=O)c1ccc(NC(=O)C[NH+]2CCCCCC2)cc1. The summed E-state index contributed by atoms with van der Waals surface area (Å²) in [5.41, 5.74) is 1.55. The van der Waals surface area contributed by atoms with Crippen molar-refractivity contribution in [1.29, 1.82) is 0 Å². The highest BCUT2D eigenvalue weighted by atomic mass is 32.2. The maximum absolute atomic E-state index is 12.8. The summed E-state index contributed by atoms with van der Waals surface area (Å²) in [7, 11) is -2.02. The van der Waals surface area contributed by atoms with Crippen molar-refractivity contribution in [3.05, 3.63) is 60.2 Å². The van der Waals surface area contributed by atoms with E-state index < -0.39 is 10.0 Å². The lowest BCUT2D eigenvalue weighted by molar-refractivity contribution is -0.890. The number of nitrogens with one attached hydrogen (secondary N) is 2. The summed E-state index contributed by atoms with van der Waals surface area (Å²) >= 11 is 0. The zero-order valence-electron chi connectivity index (χ0n) is 16.9. The molecule has 0 bridgehead atoms. The van der Waals surface area contributed by atoms with Crippen LogP contribution in [0.5, 0.6) is 0 Å². The number of hydrogen-bond acceptors (Lipinski definition) is 3. The smallest absolute Gasteiger partial charge is 0.279 e. The molecule has 0 aliphatic carbocycles. The Morgan fingerprint density at radius 1 is 0.966 bits per heavy atom. The number of quaternary nitrogens is 1. The molecule has 7 heteroatoms. The fraction of sp³-hybridized carbons (Fsp3) is 0.409. The molecular weight excluding hydrogens is 386 g/mol. The summed E-state index contributed by atoms with van der Waals surface area (Å²) in [4.78, 5) is 13.9. The minimum atomic E-state index is -3.59. The van der Waals surface area contributed by atoms with Crippen LogP contribution in [0.15, 0.2) is 59.5 Å². The Bertz CT molecular complexity index is 891. The maximum atomic E-state index is 12.8. The summed E-state index contributed by atoms with van der Waals surface area (Å²) in [6.07, 6.45) is 4.84. The summed E-state index contributed by atoms with van der Waals surface area (Å²) in [5, 5.41) is 2.89. The van der Waals surface area contributed by atoms with E-state index in [2.05, 4.69) is 5.32 Å². The van der Waals surface area contributed by atoms with E-state index in [4.69, 9.17) is 0 Å². The van der Waals surface area contributed by atoms with Gasteiger partial charge in [-0.2, -0.15) is 4.31 Å². The number of benzene rings is 2. The number of carbonyl (C=O) groups is 1. The second kappa shape index (κ2) is 10.0. The molecule has 1 saturated heterocycles. The molecule has 29 heavy (non-hydrogen) atoms. The Hall–Kier alpha value is -2.22. The molecule has 2 aromatic rings. The number of carbonyl (C=O) groups excluding carboxylic acids is 1. The fourth-order valence-corrected chi connectivity index (χ4v) is 4.81. The van der Waals surface area contributed by atoms with E-state index in [1.807, 2.05) is 30.3 Å². The van der Waals surface area contributed by atoms with Gasteiger partial charge < -0.3 is 10.2 Å². The number of likely N-dealkylation sites (tertiary alicyclic amines) is 1. The largest absolute Gasteiger partial charge is 0.327 e. The van der Waals surface area contributed by atoms with Gasteiger partial charge in [0.25, 0.3) is 5.91 Å². The minimum absolute atomic E-state index is 0.0290. The van der Waals surface area contributed by atoms with Gasteiger partial charge in [-0.25, -0.2) is 8.42 Å². The zero-order chi connectivity index (χ0) is 20.7. The van der Waals surface area contributed by atoms with Crippen LogP contribution < -0.4 is 10.2 Å². The topological polar surface area (TPSA) is 70.9 Å². The van der Waals surface area contributed by atoms with Crippen LogP contribution in [0.1, 0.15) is 31.2 Å². The lowest BCUT2D eigenvalue weighted by Crippen LogP contribution is -3.12. The fourth-order valence-electron chi connectivity index (χ4n) is 3.65. The van der Waals surface area contributed by atoms with Crippen LogP contribution in [0.25, 0.3) is 0 Å². The van der Waals surface area contributed by atoms with Crippen LogP contribution >= 0.6 is 0 Å². The third kappa shape index (κ3) is 6.13. The predicted molar refractivity (Wildman–Crippen MR) is 114 cm³/mol. The maximum Gasteiger partial charge on any atom is 0.279 e. The van der Waals surface area contributed by atoms with Gasteiger partial charge in [0.2, 0.25) is 10.0 Å². The van der Waals surface area contributed by atoms with Crippen molar-refractivity contribution >= 4 is 21.6 Å². The van der Waals surface area contributed by atoms with Gasteiger partial charge in [0, 0.05) is 19.3 Å². The summed E-state index contributed by atoms with van der Waals surface area (Å²) in [6, 6.07) is 15.9. The van der Waals surface area contributed by atoms with Gasteiger partial charge in [0.05, 0.1) is 18.0 Å². The first-order valence-corrected chi connectivity index (χ1v) is 11.6. The van der Waals surface area contributed by atoms with Gasteiger partial charge in [-0.05, 0) is 55.5 Å². The van der Waals surface area contributed by atoms with Crippen molar-refractivity contribution in [3.8, 4) is 0 Å². The van der Waals surface area contributed by atoms with Gasteiger partial charge in [0.1, 0.15) is 0 Å². The van der Waals surface area contributed by atoms with Crippen LogP contribution in [0.4, 0.5) is 5.69 Å². The van der Waals surface area contributed by atoms with Gasteiger partial charge in [0.15, 0.2) is 6.54 Å². The van der Waals surface area contributed by atoms with Crippen molar-refractivity contribution in [2.45, 2.75) is 37.1 Å². The Morgan fingerprint density at radius 3 is 2.21 bits per heavy atom. The molecule has 1 heterocycles. The predicted octanol–water partition coefficient (Wildman–Crippen LogP) is 1.90. The first-order chi connectivity index (χ1) is 13.9. The molecule has 156 valence electrons. The molecular formula is C22H30N3O3S+.